The molecule has 2 aliphatic rings. The highest BCUT2D eigenvalue weighted by Crippen LogP contribution is 2.42. The van der Waals surface area contributed by atoms with E-state index in [9.17, 15) is 19.5 Å². The molecule has 0 fully saturated rings. The summed E-state index contributed by atoms with van der Waals surface area (Å²) in [5, 5.41) is 13.5. The zero-order chi connectivity index (χ0) is 27.0. The van der Waals surface area contributed by atoms with Crippen LogP contribution in [0.15, 0.2) is 29.1 Å². The third-order valence-corrected chi connectivity index (χ3v) is 7.32. The first kappa shape index (κ1) is 25.7. The standard InChI is InChI=1S/C28H31N3O7/c1-4-17-18-12-16(32)8-9-22(18)30-24-19(17)14-31-23(24)13-21-20(25(31)33)15-37-26(34)28(21,5-2)38-27(35)29-10-7-11-36-6-3/h8-9,12-13,32H,4-7,10-11,14-15H2,1-3H3,(H,29,35). The molecule has 1 amide bonds. The van der Waals surface area contributed by atoms with Crippen molar-refractivity contribution in [2.45, 2.75) is 58.8 Å². The number of rotatable bonds is 8. The molecule has 0 aliphatic carbocycles. The second kappa shape index (κ2) is 10.1. The van der Waals surface area contributed by atoms with Crippen LogP contribution in [0.1, 0.15) is 55.9 Å². The monoisotopic (exact) mass is 521 g/mol. The first-order chi connectivity index (χ1) is 18.3. The van der Waals surface area contributed by atoms with Gasteiger partial charge in [0.2, 0.25) is 5.60 Å². The Hall–Kier alpha value is -3.92. The van der Waals surface area contributed by atoms with Crippen LogP contribution in [0.3, 0.4) is 0 Å². The number of fused-ring (bicyclic) bond motifs is 5. The van der Waals surface area contributed by atoms with Gasteiger partial charge in [-0.05, 0) is 56.0 Å². The minimum absolute atomic E-state index is 0.0889. The summed E-state index contributed by atoms with van der Waals surface area (Å²) in [5.74, 6) is -0.565. The smallest absolute Gasteiger partial charge is 0.408 e. The van der Waals surface area contributed by atoms with Gasteiger partial charge in [0.15, 0.2) is 0 Å². The second-order valence-electron chi connectivity index (χ2n) is 9.41. The van der Waals surface area contributed by atoms with Crippen LogP contribution in [-0.4, -0.2) is 46.5 Å². The predicted molar refractivity (Wildman–Crippen MR) is 139 cm³/mol. The number of cyclic esters (lactones) is 1. The number of hydrogen-bond acceptors (Lipinski definition) is 8. The molecule has 0 spiro atoms. The number of carbonyl (C=O) groups is 2. The lowest BCUT2D eigenvalue weighted by molar-refractivity contribution is -0.172. The van der Waals surface area contributed by atoms with E-state index in [2.05, 4.69) is 5.32 Å². The molecular weight excluding hydrogens is 490 g/mol. The summed E-state index contributed by atoms with van der Waals surface area (Å²) in [4.78, 5) is 44.4. The van der Waals surface area contributed by atoms with Crippen LogP contribution < -0.4 is 10.9 Å². The topological polar surface area (TPSA) is 129 Å². The maximum absolute atomic E-state index is 13.7. The van der Waals surface area contributed by atoms with Crippen LogP contribution in [0.5, 0.6) is 5.75 Å². The van der Waals surface area contributed by atoms with E-state index in [0.29, 0.717) is 61.6 Å². The molecule has 10 heteroatoms. The summed E-state index contributed by atoms with van der Waals surface area (Å²) in [7, 11) is 0. The van der Waals surface area contributed by atoms with Crippen LogP contribution in [0, 0.1) is 0 Å². The fraction of sp³-hybridized carbons (Fsp3) is 0.429. The van der Waals surface area contributed by atoms with Crippen molar-refractivity contribution in [3.63, 3.8) is 0 Å². The number of phenolic OH excluding ortho intramolecular Hbond substituents is 1. The lowest BCUT2D eigenvalue weighted by Crippen LogP contribution is -2.49. The number of ether oxygens (including phenoxy) is 3. The number of alkyl carbamates (subject to hydrolysis) is 1. The molecule has 0 saturated carbocycles. The van der Waals surface area contributed by atoms with Gasteiger partial charge < -0.3 is 29.2 Å². The van der Waals surface area contributed by atoms with Crippen molar-refractivity contribution in [3.05, 3.63) is 56.9 Å². The second-order valence-corrected chi connectivity index (χ2v) is 9.41. The van der Waals surface area contributed by atoms with E-state index in [4.69, 9.17) is 19.2 Å². The van der Waals surface area contributed by atoms with Gasteiger partial charge in [0.05, 0.1) is 29.0 Å². The van der Waals surface area contributed by atoms with Gasteiger partial charge in [-0.15, -0.1) is 0 Å². The summed E-state index contributed by atoms with van der Waals surface area (Å²) in [5.41, 5.74) is 2.34. The molecule has 4 heterocycles. The molecule has 0 radical (unpaired) electrons. The average Bonchev–Trinajstić information content (AvgIpc) is 3.27. The third kappa shape index (κ3) is 4.09. The zero-order valence-electron chi connectivity index (χ0n) is 21.8. The van der Waals surface area contributed by atoms with Crippen molar-refractivity contribution in [2.75, 3.05) is 19.8 Å². The van der Waals surface area contributed by atoms with Crippen molar-refractivity contribution >= 4 is 23.0 Å². The predicted octanol–water partition coefficient (Wildman–Crippen LogP) is 3.51. The number of hydrogen-bond donors (Lipinski definition) is 2. The summed E-state index contributed by atoms with van der Waals surface area (Å²) in [6.45, 7) is 7.12. The lowest BCUT2D eigenvalue weighted by atomic mass is 9.85. The molecule has 1 aromatic carbocycles. The molecule has 200 valence electrons. The molecule has 3 aromatic rings. The minimum atomic E-state index is -1.76. The van der Waals surface area contributed by atoms with Gasteiger partial charge in [-0.25, -0.2) is 14.6 Å². The van der Waals surface area contributed by atoms with E-state index in [1.165, 1.54) is 0 Å². The van der Waals surface area contributed by atoms with Crippen LogP contribution in [0.4, 0.5) is 4.79 Å². The summed E-state index contributed by atoms with van der Waals surface area (Å²) in [6, 6.07) is 6.76. The Bertz CT molecular complexity index is 1500. The molecule has 38 heavy (non-hydrogen) atoms. The van der Waals surface area contributed by atoms with Crippen molar-refractivity contribution in [1.29, 1.82) is 0 Å². The molecular formula is C28H31N3O7. The van der Waals surface area contributed by atoms with Crippen LogP contribution in [-0.2, 0) is 44.2 Å². The highest BCUT2D eigenvalue weighted by atomic mass is 16.6. The van der Waals surface area contributed by atoms with Crippen molar-refractivity contribution < 1.29 is 28.9 Å². The Balaban J connectivity index is 1.59. The highest BCUT2D eigenvalue weighted by Gasteiger charge is 2.50. The minimum Gasteiger partial charge on any atom is -0.508 e. The largest absolute Gasteiger partial charge is 0.508 e. The number of phenols is 1. The lowest BCUT2D eigenvalue weighted by Gasteiger charge is -2.35. The number of nitrogens with zero attached hydrogens (tertiary/aromatic N) is 2. The van der Waals surface area contributed by atoms with Gasteiger partial charge in [-0.1, -0.05) is 13.8 Å². The van der Waals surface area contributed by atoms with Gasteiger partial charge in [0.25, 0.3) is 5.56 Å². The van der Waals surface area contributed by atoms with Gasteiger partial charge in [-0.2, -0.15) is 0 Å². The quantitative estimate of drug-likeness (QED) is 0.266. The number of aromatic nitrogens is 2. The number of aryl methyl sites for hydroxylation is 1. The van der Waals surface area contributed by atoms with Crippen LogP contribution >= 0.6 is 0 Å². The Kier molecular flexibility index (Phi) is 6.83. The van der Waals surface area contributed by atoms with E-state index in [1.807, 2.05) is 13.8 Å². The zero-order valence-corrected chi connectivity index (χ0v) is 21.8. The maximum atomic E-state index is 13.7. The van der Waals surface area contributed by atoms with Gasteiger partial charge in [0, 0.05) is 36.3 Å². The van der Waals surface area contributed by atoms with Gasteiger partial charge >= 0.3 is 12.1 Å². The molecule has 2 N–H and O–H groups in total. The molecule has 10 nitrogen and oxygen atoms in total. The van der Waals surface area contributed by atoms with Crippen LogP contribution in [0.2, 0.25) is 0 Å². The fourth-order valence-corrected chi connectivity index (χ4v) is 5.41. The Labute approximate surface area is 219 Å². The van der Waals surface area contributed by atoms with Crippen molar-refractivity contribution in [2.24, 2.45) is 0 Å². The number of nitrogens with one attached hydrogen (secondary N) is 1. The van der Waals surface area contributed by atoms with E-state index >= 15 is 0 Å². The molecule has 2 aliphatic heterocycles. The number of aromatic hydroxyl groups is 1. The highest BCUT2D eigenvalue weighted by molar-refractivity contribution is 5.90. The van der Waals surface area contributed by atoms with E-state index in [-0.39, 0.29) is 29.9 Å². The fourth-order valence-electron chi connectivity index (χ4n) is 5.41. The molecule has 2 aromatic heterocycles. The Morgan fingerprint density at radius 3 is 2.76 bits per heavy atom. The molecule has 5 rings (SSSR count). The molecule has 1 unspecified atom stereocenters. The summed E-state index contributed by atoms with van der Waals surface area (Å²) in [6.07, 6.45) is 0.587. The first-order valence-electron chi connectivity index (χ1n) is 13.0. The summed E-state index contributed by atoms with van der Waals surface area (Å²) < 4.78 is 18.0. The van der Waals surface area contributed by atoms with Gasteiger partial charge in [-0.3, -0.25) is 4.79 Å². The number of pyridine rings is 2. The van der Waals surface area contributed by atoms with Gasteiger partial charge in [0.1, 0.15) is 12.4 Å². The van der Waals surface area contributed by atoms with Crippen molar-refractivity contribution in [3.8, 4) is 17.1 Å². The van der Waals surface area contributed by atoms with Crippen LogP contribution in [0.25, 0.3) is 22.3 Å². The molecule has 0 saturated heterocycles. The first-order valence-corrected chi connectivity index (χ1v) is 13.0. The van der Waals surface area contributed by atoms with E-state index in [1.54, 1.807) is 35.8 Å². The number of amides is 1. The third-order valence-electron chi connectivity index (χ3n) is 7.32. The van der Waals surface area contributed by atoms with Crippen molar-refractivity contribution in [1.82, 2.24) is 14.9 Å². The van der Waals surface area contributed by atoms with E-state index < -0.39 is 17.7 Å². The Morgan fingerprint density at radius 1 is 1.21 bits per heavy atom. The average molecular weight is 522 g/mol. The normalized spacial score (nSPS) is 17.5. The molecule has 0 bridgehead atoms. The number of carbonyl (C=O) groups excluding carboxylic acids is 2. The number of esters is 1. The SMILES string of the molecule is CCOCCCNC(=O)OC1(CC)C(=O)OCc2c1cc1n(c2=O)Cc2c-1nc1ccc(O)cc1c2CC. The van der Waals surface area contributed by atoms with E-state index in [0.717, 1.165) is 16.5 Å². The number of benzene rings is 1. The molecule has 1 atom stereocenters. The Morgan fingerprint density at radius 2 is 2.03 bits per heavy atom. The summed E-state index contributed by atoms with van der Waals surface area (Å²) >= 11 is 0. The maximum Gasteiger partial charge on any atom is 0.408 e.